The maximum Gasteiger partial charge on any atom is 0.101 e. The Kier molecular flexibility index (Phi) is 3.66. The number of hydrogen-bond donors (Lipinski definition) is 1. The summed E-state index contributed by atoms with van der Waals surface area (Å²) in [6.07, 6.45) is 7.57. The van der Waals surface area contributed by atoms with Crippen molar-refractivity contribution in [1.29, 1.82) is 0 Å². The Bertz CT molecular complexity index is 91.6. The highest BCUT2D eigenvalue weighted by Gasteiger charge is 2.19. The molecule has 1 atom stereocenters. The third-order valence-corrected chi connectivity index (χ3v) is 8.54. The Morgan fingerprint density at radius 2 is 1.90 bits per heavy atom. The van der Waals surface area contributed by atoms with E-state index in [2.05, 4.69) is 11.2 Å². The molecule has 1 rings (SSSR count). The van der Waals surface area contributed by atoms with Crippen LogP contribution < -0.4 is 4.65 Å². The quantitative estimate of drug-likeness (QED) is 0.601. The first kappa shape index (κ1) is 8.49. The molecule has 0 aliphatic heterocycles. The molecule has 0 heterocycles. The van der Waals surface area contributed by atoms with Gasteiger partial charge in [0.2, 0.25) is 0 Å². The van der Waals surface area contributed by atoms with E-state index in [1.165, 1.54) is 42.5 Å². The Morgan fingerprint density at radius 1 is 1.30 bits per heavy atom. The molecular weight excluding hydrogens is 154 g/mol. The van der Waals surface area contributed by atoms with Gasteiger partial charge in [0, 0.05) is 0 Å². The third-order valence-electron chi connectivity index (χ3n) is 2.81. The predicted octanol–water partition coefficient (Wildman–Crippen LogP) is 0.544. The van der Waals surface area contributed by atoms with E-state index in [-0.39, 0.29) is 0 Å². The maximum absolute atomic E-state index is 3.61. The van der Waals surface area contributed by atoms with Crippen LogP contribution in [0.25, 0.3) is 0 Å². The van der Waals surface area contributed by atoms with Gasteiger partial charge in [-0.2, -0.15) is 0 Å². The molecule has 0 aromatic heterocycles. The molecule has 0 bridgehead atoms. The van der Waals surface area contributed by atoms with Crippen LogP contribution >= 0.6 is 0 Å². The summed E-state index contributed by atoms with van der Waals surface area (Å²) in [6, 6.07) is 0. The van der Waals surface area contributed by atoms with Crippen molar-refractivity contribution in [2.45, 2.75) is 44.2 Å². The lowest BCUT2D eigenvalue weighted by atomic mass is 10.0. The van der Waals surface area contributed by atoms with Gasteiger partial charge in [-0.15, -0.1) is 0 Å². The summed E-state index contributed by atoms with van der Waals surface area (Å²) in [4.78, 5) is 0. The summed E-state index contributed by atoms with van der Waals surface area (Å²) in [5.41, 5.74) is 1.13. The smallest absolute Gasteiger partial charge is 0.101 e. The van der Waals surface area contributed by atoms with E-state index >= 15 is 0 Å². The van der Waals surface area contributed by atoms with Crippen molar-refractivity contribution in [3.63, 3.8) is 0 Å². The first-order chi connectivity index (χ1) is 4.84. The van der Waals surface area contributed by atoms with Crippen LogP contribution in [0.4, 0.5) is 0 Å². The minimum atomic E-state index is -0.451. The highest BCUT2D eigenvalue weighted by molar-refractivity contribution is 6.61. The molecule has 1 N–H and O–H groups in total. The molecule has 0 saturated heterocycles. The zero-order chi connectivity index (χ0) is 7.40. The van der Waals surface area contributed by atoms with E-state index in [1.807, 2.05) is 0 Å². The molecule has 10 heavy (non-hydrogen) atoms. The zero-order valence-electron chi connectivity index (χ0n) is 7.19. The SMILES string of the molecule is C[SiH](N[SiH3])C1CCCCC1. The summed E-state index contributed by atoms with van der Waals surface area (Å²) in [5.74, 6) is 0. The monoisotopic (exact) mass is 173 g/mol. The highest BCUT2D eigenvalue weighted by Crippen LogP contribution is 2.29. The lowest BCUT2D eigenvalue weighted by Crippen LogP contribution is -2.34. The Balaban J connectivity index is 2.24. The first-order valence-electron chi connectivity index (χ1n) is 4.52. The second-order valence-electron chi connectivity index (χ2n) is 3.48. The van der Waals surface area contributed by atoms with E-state index in [9.17, 15) is 0 Å². The van der Waals surface area contributed by atoms with E-state index in [0.29, 0.717) is 0 Å². The molecule has 1 unspecified atom stereocenters. The average Bonchev–Trinajstić information content (AvgIpc) is 2.05. The fourth-order valence-electron chi connectivity index (χ4n) is 1.87. The summed E-state index contributed by atoms with van der Waals surface area (Å²) < 4.78 is 3.61. The third kappa shape index (κ3) is 2.21. The lowest BCUT2D eigenvalue weighted by molar-refractivity contribution is 0.495. The van der Waals surface area contributed by atoms with E-state index < -0.39 is 8.96 Å². The summed E-state index contributed by atoms with van der Waals surface area (Å²) in [5, 5.41) is 0. The molecule has 1 aliphatic carbocycles. The van der Waals surface area contributed by atoms with Crippen LogP contribution in [0.15, 0.2) is 0 Å². The molecule has 0 spiro atoms. The highest BCUT2D eigenvalue weighted by atomic mass is 28.3. The van der Waals surface area contributed by atoms with Crippen LogP contribution in [-0.2, 0) is 0 Å². The fraction of sp³-hybridized carbons (Fsp3) is 1.00. The Labute approximate surface area is 68.8 Å². The normalized spacial score (nSPS) is 24.9. The maximum atomic E-state index is 3.61. The van der Waals surface area contributed by atoms with Gasteiger partial charge in [0.1, 0.15) is 8.96 Å². The van der Waals surface area contributed by atoms with Crippen LogP contribution in [0.3, 0.4) is 0 Å². The number of hydrogen-bond acceptors (Lipinski definition) is 1. The van der Waals surface area contributed by atoms with Gasteiger partial charge in [0.05, 0.1) is 10.4 Å². The first-order valence-corrected chi connectivity index (χ1v) is 7.91. The van der Waals surface area contributed by atoms with Crippen LogP contribution in [0, 0.1) is 0 Å². The van der Waals surface area contributed by atoms with Gasteiger partial charge in [-0.3, -0.25) is 0 Å². The van der Waals surface area contributed by atoms with Gasteiger partial charge in [0.25, 0.3) is 0 Å². The van der Waals surface area contributed by atoms with Crippen molar-refractivity contribution in [2.75, 3.05) is 0 Å². The minimum absolute atomic E-state index is 0.451. The molecule has 60 valence electrons. The van der Waals surface area contributed by atoms with Gasteiger partial charge in [-0.25, -0.2) is 0 Å². The molecule has 1 nitrogen and oxygen atoms in total. The summed E-state index contributed by atoms with van der Waals surface area (Å²) >= 11 is 0. The van der Waals surface area contributed by atoms with Crippen molar-refractivity contribution >= 4 is 19.4 Å². The minimum Gasteiger partial charge on any atom is -0.369 e. The van der Waals surface area contributed by atoms with Crippen molar-refractivity contribution in [1.82, 2.24) is 4.65 Å². The summed E-state index contributed by atoms with van der Waals surface area (Å²) in [7, 11) is 0.767. The van der Waals surface area contributed by atoms with Crippen molar-refractivity contribution in [2.24, 2.45) is 0 Å². The Hall–Kier alpha value is 0.394. The second-order valence-corrected chi connectivity index (χ2v) is 8.31. The molecule has 1 fully saturated rings. The summed E-state index contributed by atoms with van der Waals surface area (Å²) in [6.45, 7) is 2.48. The van der Waals surface area contributed by atoms with Gasteiger partial charge < -0.3 is 4.65 Å². The molecule has 1 saturated carbocycles. The van der Waals surface area contributed by atoms with Gasteiger partial charge in [-0.1, -0.05) is 38.7 Å². The fourth-order valence-corrected chi connectivity index (χ4v) is 5.23. The van der Waals surface area contributed by atoms with Gasteiger partial charge >= 0.3 is 0 Å². The molecule has 0 radical (unpaired) electrons. The number of rotatable bonds is 2. The molecule has 3 heteroatoms. The van der Waals surface area contributed by atoms with E-state index in [0.717, 1.165) is 5.54 Å². The second kappa shape index (κ2) is 4.31. The van der Waals surface area contributed by atoms with Gasteiger partial charge in [-0.05, 0) is 5.54 Å². The molecule has 0 aromatic carbocycles. The predicted molar refractivity (Wildman–Crippen MR) is 52.9 cm³/mol. The van der Waals surface area contributed by atoms with E-state index in [1.54, 1.807) is 0 Å². The molecule has 0 amide bonds. The molecular formula is C7H19NSi2. The standard InChI is InChI=1S/C7H19NSi2/c1-10(8-9)7-5-3-2-4-6-7/h7-8,10H,2-6H2,1,9H3. The van der Waals surface area contributed by atoms with E-state index in [4.69, 9.17) is 0 Å². The van der Waals surface area contributed by atoms with Crippen molar-refractivity contribution in [3.8, 4) is 0 Å². The van der Waals surface area contributed by atoms with Crippen LogP contribution in [0.5, 0.6) is 0 Å². The lowest BCUT2D eigenvalue weighted by Gasteiger charge is -2.25. The molecule has 1 aliphatic rings. The van der Waals surface area contributed by atoms with Crippen molar-refractivity contribution in [3.05, 3.63) is 0 Å². The number of nitrogens with one attached hydrogen (secondary N) is 1. The van der Waals surface area contributed by atoms with Crippen molar-refractivity contribution < 1.29 is 0 Å². The van der Waals surface area contributed by atoms with Gasteiger partial charge in [0.15, 0.2) is 0 Å². The van der Waals surface area contributed by atoms with Crippen LogP contribution in [0.1, 0.15) is 32.1 Å². The topological polar surface area (TPSA) is 12.0 Å². The van der Waals surface area contributed by atoms with Crippen LogP contribution in [-0.4, -0.2) is 19.4 Å². The Morgan fingerprint density at radius 3 is 2.40 bits per heavy atom. The largest absolute Gasteiger partial charge is 0.369 e. The molecule has 0 aromatic rings. The van der Waals surface area contributed by atoms with Crippen LogP contribution in [0.2, 0.25) is 12.1 Å². The zero-order valence-corrected chi connectivity index (χ0v) is 10.3. The average molecular weight is 173 g/mol.